The fourth-order valence-electron chi connectivity index (χ4n) is 3.77. The molecular weight excluding hydrogens is 300 g/mol. The molecule has 124 valence electrons. The Morgan fingerprint density at radius 2 is 2.25 bits per heavy atom. The van der Waals surface area contributed by atoms with Gasteiger partial charge >= 0.3 is 0 Å². The summed E-state index contributed by atoms with van der Waals surface area (Å²) < 4.78 is 5.61. The first-order valence-electron chi connectivity index (χ1n) is 8.78. The first-order chi connectivity index (χ1) is 11.8. The largest absolute Gasteiger partial charge is 0.493 e. The number of nitrogens with one attached hydrogen (secondary N) is 1. The van der Waals surface area contributed by atoms with Gasteiger partial charge in [-0.1, -0.05) is 13.0 Å². The van der Waals surface area contributed by atoms with Crippen LogP contribution in [-0.2, 0) is 17.6 Å². The molecule has 0 fully saturated rings. The number of aromatic nitrogens is 1. The number of carbonyl (C=O) groups is 1. The maximum atomic E-state index is 11.8. The smallest absolute Gasteiger partial charge is 0.220 e. The third-order valence-corrected chi connectivity index (χ3v) is 5.04. The van der Waals surface area contributed by atoms with Gasteiger partial charge in [0.15, 0.2) is 0 Å². The number of benzene rings is 1. The highest BCUT2D eigenvalue weighted by Crippen LogP contribution is 2.37. The Morgan fingerprint density at radius 3 is 3.12 bits per heavy atom. The van der Waals surface area contributed by atoms with E-state index in [2.05, 4.69) is 28.5 Å². The number of fused-ring (bicyclic) bond motifs is 2. The summed E-state index contributed by atoms with van der Waals surface area (Å²) in [4.78, 5) is 16.3. The van der Waals surface area contributed by atoms with Crippen LogP contribution in [0, 0.1) is 0 Å². The van der Waals surface area contributed by atoms with Crippen molar-refractivity contribution in [3.63, 3.8) is 0 Å². The zero-order chi connectivity index (χ0) is 16.5. The fraction of sp³-hybridized carbons (Fsp3) is 0.400. The van der Waals surface area contributed by atoms with E-state index >= 15 is 0 Å². The van der Waals surface area contributed by atoms with Gasteiger partial charge in [0.1, 0.15) is 5.75 Å². The van der Waals surface area contributed by atoms with Gasteiger partial charge in [-0.25, -0.2) is 0 Å². The van der Waals surface area contributed by atoms with Crippen LogP contribution in [0.15, 0.2) is 30.6 Å². The number of rotatable bonds is 3. The minimum atomic E-state index is 0.0893. The third-order valence-electron chi connectivity index (χ3n) is 5.04. The molecule has 0 spiro atoms. The molecule has 1 aromatic carbocycles. The van der Waals surface area contributed by atoms with Crippen molar-refractivity contribution in [2.45, 2.75) is 45.1 Å². The van der Waals surface area contributed by atoms with E-state index in [1.165, 1.54) is 27.8 Å². The maximum absolute atomic E-state index is 11.8. The van der Waals surface area contributed by atoms with Crippen LogP contribution >= 0.6 is 0 Å². The van der Waals surface area contributed by atoms with Gasteiger partial charge in [-0.05, 0) is 53.6 Å². The maximum Gasteiger partial charge on any atom is 0.220 e. The van der Waals surface area contributed by atoms with Gasteiger partial charge in [0.2, 0.25) is 5.91 Å². The van der Waals surface area contributed by atoms with Gasteiger partial charge in [0.25, 0.3) is 0 Å². The fourth-order valence-corrected chi connectivity index (χ4v) is 3.77. The summed E-state index contributed by atoms with van der Waals surface area (Å²) in [5, 5.41) is 3.15. The molecule has 1 aliphatic heterocycles. The Labute approximate surface area is 142 Å². The van der Waals surface area contributed by atoms with Gasteiger partial charge in [-0.2, -0.15) is 0 Å². The molecule has 0 unspecified atom stereocenters. The second-order valence-electron chi connectivity index (χ2n) is 6.54. The lowest BCUT2D eigenvalue weighted by atomic mass is 9.84. The van der Waals surface area contributed by atoms with Crippen LogP contribution < -0.4 is 10.1 Å². The monoisotopic (exact) mass is 322 g/mol. The van der Waals surface area contributed by atoms with Crippen molar-refractivity contribution in [2.75, 3.05) is 6.61 Å². The number of carbonyl (C=O) groups excluding carboxylic acids is 1. The predicted molar refractivity (Wildman–Crippen MR) is 93.0 cm³/mol. The van der Waals surface area contributed by atoms with Crippen LogP contribution in [0.3, 0.4) is 0 Å². The summed E-state index contributed by atoms with van der Waals surface area (Å²) in [5.74, 6) is 1.11. The lowest BCUT2D eigenvalue weighted by molar-refractivity contribution is -0.121. The van der Waals surface area contributed by atoms with E-state index < -0.39 is 0 Å². The molecule has 24 heavy (non-hydrogen) atoms. The first-order valence-corrected chi connectivity index (χ1v) is 8.78. The van der Waals surface area contributed by atoms with E-state index in [9.17, 15) is 4.79 Å². The Bertz CT molecular complexity index is 785. The minimum Gasteiger partial charge on any atom is -0.493 e. The molecule has 1 aromatic heterocycles. The van der Waals surface area contributed by atoms with E-state index in [-0.39, 0.29) is 11.9 Å². The minimum absolute atomic E-state index is 0.0893. The average Bonchev–Trinajstić information content (AvgIpc) is 3.09. The summed E-state index contributed by atoms with van der Waals surface area (Å²) in [7, 11) is 0. The van der Waals surface area contributed by atoms with Crippen LogP contribution in [0.4, 0.5) is 0 Å². The van der Waals surface area contributed by atoms with Crippen molar-refractivity contribution >= 4 is 5.91 Å². The Morgan fingerprint density at radius 1 is 1.33 bits per heavy atom. The molecule has 4 nitrogen and oxygen atoms in total. The molecule has 1 amide bonds. The number of hydrogen-bond acceptors (Lipinski definition) is 3. The van der Waals surface area contributed by atoms with Gasteiger partial charge in [-0.3, -0.25) is 9.78 Å². The zero-order valence-electron chi connectivity index (χ0n) is 14.0. The highest BCUT2D eigenvalue weighted by molar-refractivity contribution is 5.76. The molecule has 0 radical (unpaired) electrons. The summed E-state index contributed by atoms with van der Waals surface area (Å²) in [5.41, 5.74) is 6.18. The normalized spacial score (nSPS) is 18.5. The van der Waals surface area contributed by atoms with Crippen LogP contribution in [0.2, 0.25) is 0 Å². The van der Waals surface area contributed by atoms with E-state index in [1.807, 2.05) is 19.3 Å². The molecule has 2 aromatic rings. The van der Waals surface area contributed by atoms with Crippen molar-refractivity contribution in [3.05, 3.63) is 47.3 Å². The van der Waals surface area contributed by atoms with Crippen molar-refractivity contribution in [2.24, 2.45) is 0 Å². The SMILES string of the molecule is CCC(=O)N[C@@H]1CCCc2c(-c3ccc4c(c3)CCO4)cncc21. The number of pyridine rings is 1. The second kappa shape index (κ2) is 6.27. The number of nitrogens with zero attached hydrogens (tertiary/aromatic N) is 1. The Hall–Kier alpha value is -2.36. The molecule has 0 saturated heterocycles. The quantitative estimate of drug-likeness (QED) is 0.939. The third kappa shape index (κ3) is 2.66. The predicted octanol–water partition coefficient (Wildman–Crippen LogP) is 3.59. The molecule has 1 aliphatic carbocycles. The summed E-state index contributed by atoms with van der Waals surface area (Å²) in [6, 6.07) is 6.51. The lowest BCUT2D eigenvalue weighted by Crippen LogP contribution is -2.30. The Balaban J connectivity index is 1.73. The highest BCUT2D eigenvalue weighted by atomic mass is 16.5. The molecule has 0 bridgehead atoms. The van der Waals surface area contributed by atoms with Crippen molar-refractivity contribution in [3.8, 4) is 16.9 Å². The van der Waals surface area contributed by atoms with E-state index in [0.717, 1.165) is 38.0 Å². The second-order valence-corrected chi connectivity index (χ2v) is 6.54. The van der Waals surface area contributed by atoms with Crippen LogP contribution in [0.5, 0.6) is 5.75 Å². The molecule has 2 heterocycles. The number of ether oxygens (including phenoxy) is 1. The van der Waals surface area contributed by atoms with E-state index in [0.29, 0.717) is 6.42 Å². The van der Waals surface area contributed by atoms with Crippen LogP contribution in [-0.4, -0.2) is 17.5 Å². The van der Waals surface area contributed by atoms with Crippen molar-refractivity contribution in [1.29, 1.82) is 0 Å². The van der Waals surface area contributed by atoms with Gasteiger partial charge < -0.3 is 10.1 Å². The van der Waals surface area contributed by atoms with E-state index in [4.69, 9.17) is 4.74 Å². The molecule has 4 heteroatoms. The molecule has 0 saturated carbocycles. The number of hydrogen-bond donors (Lipinski definition) is 1. The van der Waals surface area contributed by atoms with Gasteiger partial charge in [0.05, 0.1) is 12.6 Å². The standard InChI is InChI=1S/C20H22N2O2/c1-2-20(23)22-18-5-3-4-15-16(11-21-12-17(15)18)13-6-7-19-14(10-13)8-9-24-19/h6-7,10-12,18H,2-5,8-9H2,1H3,(H,22,23)/t18-/m1/s1. The van der Waals surface area contributed by atoms with Crippen molar-refractivity contribution < 1.29 is 9.53 Å². The topological polar surface area (TPSA) is 51.2 Å². The highest BCUT2D eigenvalue weighted by Gasteiger charge is 2.24. The summed E-state index contributed by atoms with van der Waals surface area (Å²) >= 11 is 0. The Kier molecular flexibility index (Phi) is 3.97. The lowest BCUT2D eigenvalue weighted by Gasteiger charge is -2.27. The summed E-state index contributed by atoms with van der Waals surface area (Å²) in [6.45, 7) is 2.66. The molecule has 4 rings (SSSR count). The molecule has 1 N–H and O–H groups in total. The number of amides is 1. The zero-order valence-corrected chi connectivity index (χ0v) is 14.0. The molecule has 2 aliphatic rings. The average molecular weight is 322 g/mol. The first kappa shape index (κ1) is 15.2. The van der Waals surface area contributed by atoms with Crippen molar-refractivity contribution in [1.82, 2.24) is 10.3 Å². The molecule has 1 atom stereocenters. The summed E-state index contributed by atoms with van der Waals surface area (Å²) in [6.07, 6.45) is 8.49. The van der Waals surface area contributed by atoms with Crippen LogP contribution in [0.25, 0.3) is 11.1 Å². The van der Waals surface area contributed by atoms with E-state index in [1.54, 1.807) is 0 Å². The van der Waals surface area contributed by atoms with Crippen LogP contribution in [0.1, 0.15) is 48.9 Å². The van der Waals surface area contributed by atoms with Gasteiger partial charge in [0, 0.05) is 30.8 Å². The van der Waals surface area contributed by atoms with Gasteiger partial charge in [-0.15, -0.1) is 0 Å². The molecular formula is C20H22N2O2.